The largest absolute Gasteiger partial charge is 0.353 e. The van der Waals surface area contributed by atoms with Gasteiger partial charge in [0.2, 0.25) is 5.91 Å². The van der Waals surface area contributed by atoms with E-state index in [4.69, 9.17) is 0 Å². The van der Waals surface area contributed by atoms with E-state index in [1.54, 1.807) is 42.7 Å². The average molecular weight is 420 g/mol. The van der Waals surface area contributed by atoms with Crippen molar-refractivity contribution in [1.29, 1.82) is 0 Å². The van der Waals surface area contributed by atoms with Crippen LogP contribution in [0.4, 0.5) is 0 Å². The van der Waals surface area contributed by atoms with E-state index < -0.39 is 0 Å². The molecule has 1 aliphatic rings. The molecule has 2 amide bonds. The summed E-state index contributed by atoms with van der Waals surface area (Å²) in [6.45, 7) is 2.18. The first-order valence-corrected chi connectivity index (χ1v) is 10.9. The number of amides is 2. The van der Waals surface area contributed by atoms with E-state index in [-0.39, 0.29) is 11.8 Å². The van der Waals surface area contributed by atoms with Crippen LogP contribution in [0.15, 0.2) is 54.9 Å². The van der Waals surface area contributed by atoms with Crippen molar-refractivity contribution in [2.45, 2.75) is 32.1 Å². The standard InChI is InChI=1S/C25H29N3O3/c29-19-22-6-3-8-23(17-22)25(31)28-15-11-20(12-16-28)5-1-2-14-27-24(30)10-9-21-7-4-13-26-18-21/h3-4,6-10,13,17-20H,1-2,5,11-12,14-16H2,(H,27,30)/b10-9+. The molecular formula is C25H29N3O3. The van der Waals surface area contributed by atoms with Crippen molar-refractivity contribution in [3.63, 3.8) is 0 Å². The minimum atomic E-state index is -0.0886. The highest BCUT2D eigenvalue weighted by molar-refractivity contribution is 5.95. The van der Waals surface area contributed by atoms with Crippen molar-refractivity contribution >= 4 is 24.2 Å². The number of carbonyl (C=O) groups excluding carboxylic acids is 3. The zero-order valence-electron chi connectivity index (χ0n) is 17.7. The number of aromatic nitrogens is 1. The molecule has 1 aromatic carbocycles. The molecule has 0 spiro atoms. The normalized spacial score (nSPS) is 14.5. The molecule has 2 heterocycles. The van der Waals surface area contributed by atoms with Gasteiger partial charge in [0.1, 0.15) is 6.29 Å². The fourth-order valence-electron chi connectivity index (χ4n) is 3.83. The molecule has 1 saturated heterocycles. The van der Waals surface area contributed by atoms with Crippen molar-refractivity contribution in [3.05, 3.63) is 71.6 Å². The number of hydrogen-bond acceptors (Lipinski definition) is 4. The third kappa shape index (κ3) is 7.17. The van der Waals surface area contributed by atoms with Gasteiger partial charge in [-0.15, -0.1) is 0 Å². The maximum absolute atomic E-state index is 12.6. The molecule has 0 aliphatic carbocycles. The highest BCUT2D eigenvalue weighted by atomic mass is 16.2. The quantitative estimate of drug-likeness (QED) is 0.381. The Kier molecular flexibility index (Phi) is 8.52. The van der Waals surface area contributed by atoms with Crippen LogP contribution in [0.1, 0.15) is 58.4 Å². The van der Waals surface area contributed by atoms with Gasteiger partial charge in [-0.3, -0.25) is 19.4 Å². The number of carbonyl (C=O) groups is 3. The smallest absolute Gasteiger partial charge is 0.253 e. The number of aldehydes is 1. The summed E-state index contributed by atoms with van der Waals surface area (Å²) >= 11 is 0. The second kappa shape index (κ2) is 11.8. The molecule has 1 N–H and O–H groups in total. The van der Waals surface area contributed by atoms with Gasteiger partial charge in [-0.05, 0) is 55.0 Å². The van der Waals surface area contributed by atoms with Crippen molar-refractivity contribution in [3.8, 4) is 0 Å². The molecule has 31 heavy (non-hydrogen) atoms. The Morgan fingerprint density at radius 3 is 2.65 bits per heavy atom. The summed E-state index contributed by atoms with van der Waals surface area (Å²) in [5, 5.41) is 2.92. The van der Waals surface area contributed by atoms with Crippen LogP contribution in [-0.2, 0) is 4.79 Å². The number of likely N-dealkylation sites (tertiary alicyclic amines) is 1. The van der Waals surface area contributed by atoms with Gasteiger partial charge >= 0.3 is 0 Å². The molecule has 1 aromatic heterocycles. The number of nitrogens with one attached hydrogen (secondary N) is 1. The molecule has 1 aliphatic heterocycles. The van der Waals surface area contributed by atoms with Gasteiger partial charge in [-0.1, -0.05) is 31.0 Å². The molecular weight excluding hydrogens is 390 g/mol. The van der Waals surface area contributed by atoms with Crippen molar-refractivity contribution in [1.82, 2.24) is 15.2 Å². The highest BCUT2D eigenvalue weighted by Crippen LogP contribution is 2.23. The molecule has 162 valence electrons. The van der Waals surface area contributed by atoms with Gasteiger partial charge in [-0.2, -0.15) is 0 Å². The molecule has 0 bridgehead atoms. The van der Waals surface area contributed by atoms with Gasteiger partial charge in [0, 0.05) is 49.2 Å². The van der Waals surface area contributed by atoms with E-state index in [9.17, 15) is 14.4 Å². The zero-order valence-corrected chi connectivity index (χ0v) is 17.7. The molecule has 0 radical (unpaired) electrons. The van der Waals surface area contributed by atoms with Crippen LogP contribution in [0.5, 0.6) is 0 Å². The fraction of sp³-hybridized carbons (Fsp3) is 0.360. The first-order valence-electron chi connectivity index (χ1n) is 10.9. The molecule has 1 fully saturated rings. The molecule has 0 unspecified atom stereocenters. The average Bonchev–Trinajstić information content (AvgIpc) is 2.83. The summed E-state index contributed by atoms with van der Waals surface area (Å²) in [5.41, 5.74) is 2.01. The Hall–Kier alpha value is -3.28. The third-order valence-corrected chi connectivity index (χ3v) is 5.62. The van der Waals surface area contributed by atoms with Gasteiger partial charge in [-0.25, -0.2) is 0 Å². The Morgan fingerprint density at radius 1 is 1.10 bits per heavy atom. The number of benzene rings is 1. The highest BCUT2D eigenvalue weighted by Gasteiger charge is 2.23. The van der Waals surface area contributed by atoms with Crippen LogP contribution in [0.25, 0.3) is 6.08 Å². The Balaban J connectivity index is 1.30. The fourth-order valence-corrected chi connectivity index (χ4v) is 3.83. The molecule has 0 atom stereocenters. The number of pyridine rings is 1. The van der Waals surface area contributed by atoms with Crippen molar-refractivity contribution in [2.75, 3.05) is 19.6 Å². The van der Waals surface area contributed by atoms with Gasteiger partial charge < -0.3 is 10.2 Å². The Morgan fingerprint density at radius 2 is 1.90 bits per heavy atom. The van der Waals surface area contributed by atoms with Gasteiger partial charge in [0.25, 0.3) is 5.91 Å². The predicted octanol–water partition coefficient (Wildman–Crippen LogP) is 3.75. The van der Waals surface area contributed by atoms with E-state index in [0.717, 1.165) is 57.0 Å². The monoisotopic (exact) mass is 419 g/mol. The third-order valence-electron chi connectivity index (χ3n) is 5.62. The first-order chi connectivity index (χ1) is 15.2. The summed E-state index contributed by atoms with van der Waals surface area (Å²) in [4.78, 5) is 41.3. The maximum atomic E-state index is 12.6. The van der Waals surface area contributed by atoms with E-state index in [2.05, 4.69) is 10.3 Å². The Labute approximate surface area is 183 Å². The topological polar surface area (TPSA) is 79.4 Å². The lowest BCUT2D eigenvalue weighted by Crippen LogP contribution is -2.38. The summed E-state index contributed by atoms with van der Waals surface area (Å²) in [7, 11) is 0. The lowest BCUT2D eigenvalue weighted by molar-refractivity contribution is -0.116. The molecule has 3 rings (SSSR count). The van der Waals surface area contributed by atoms with Gasteiger partial charge in [0.15, 0.2) is 0 Å². The lowest BCUT2D eigenvalue weighted by atomic mass is 9.91. The zero-order chi connectivity index (χ0) is 21.9. The molecule has 6 heteroatoms. The van der Waals surface area contributed by atoms with Crippen LogP contribution < -0.4 is 5.32 Å². The summed E-state index contributed by atoms with van der Waals surface area (Å²) in [5.74, 6) is 0.532. The SMILES string of the molecule is O=Cc1cccc(C(=O)N2CCC(CCCCNC(=O)/C=C/c3cccnc3)CC2)c1. The van der Waals surface area contributed by atoms with Gasteiger partial charge in [0.05, 0.1) is 0 Å². The van der Waals surface area contributed by atoms with E-state index in [1.165, 1.54) is 6.08 Å². The van der Waals surface area contributed by atoms with Crippen molar-refractivity contribution in [2.24, 2.45) is 5.92 Å². The number of hydrogen-bond donors (Lipinski definition) is 1. The number of piperidine rings is 1. The van der Waals surface area contributed by atoms with E-state index >= 15 is 0 Å². The summed E-state index contributed by atoms with van der Waals surface area (Å²) in [6, 6.07) is 10.6. The Bertz CT molecular complexity index is 903. The minimum Gasteiger partial charge on any atom is -0.353 e. The van der Waals surface area contributed by atoms with Crippen LogP contribution in [0.2, 0.25) is 0 Å². The van der Waals surface area contributed by atoms with Crippen molar-refractivity contribution < 1.29 is 14.4 Å². The van der Waals surface area contributed by atoms with E-state index in [0.29, 0.717) is 23.6 Å². The summed E-state index contributed by atoms with van der Waals surface area (Å²) in [6.07, 6.45) is 12.6. The second-order valence-corrected chi connectivity index (χ2v) is 7.89. The molecule has 6 nitrogen and oxygen atoms in total. The van der Waals surface area contributed by atoms with Crippen LogP contribution in [0.3, 0.4) is 0 Å². The molecule has 0 saturated carbocycles. The molecule has 2 aromatic rings. The second-order valence-electron chi connectivity index (χ2n) is 7.89. The van der Waals surface area contributed by atoms with Crippen LogP contribution >= 0.6 is 0 Å². The summed E-state index contributed by atoms with van der Waals surface area (Å²) < 4.78 is 0. The number of rotatable bonds is 9. The number of unbranched alkanes of at least 4 members (excludes halogenated alkanes) is 1. The lowest BCUT2D eigenvalue weighted by Gasteiger charge is -2.32. The minimum absolute atomic E-state index is 0.00389. The maximum Gasteiger partial charge on any atom is 0.253 e. The van der Waals surface area contributed by atoms with Crippen LogP contribution in [0, 0.1) is 5.92 Å². The van der Waals surface area contributed by atoms with E-state index in [1.807, 2.05) is 17.0 Å². The first kappa shape index (κ1) is 22.4. The van der Waals surface area contributed by atoms with Crippen LogP contribution in [-0.4, -0.2) is 47.6 Å². The number of nitrogens with zero attached hydrogens (tertiary/aromatic N) is 2. The predicted molar refractivity (Wildman–Crippen MR) is 121 cm³/mol.